The van der Waals surface area contributed by atoms with Gasteiger partial charge in [-0.3, -0.25) is 4.79 Å². The topological polar surface area (TPSA) is 73.5 Å². The summed E-state index contributed by atoms with van der Waals surface area (Å²) in [4.78, 5) is 17.0. The highest BCUT2D eigenvalue weighted by atomic mass is 32.2. The van der Waals surface area contributed by atoms with Gasteiger partial charge in [-0.05, 0) is 24.1 Å². The number of aromatic nitrogens is 1. The summed E-state index contributed by atoms with van der Waals surface area (Å²) in [5, 5.41) is 0. The zero-order valence-electron chi connectivity index (χ0n) is 14.3. The van der Waals surface area contributed by atoms with E-state index in [1.165, 1.54) is 4.31 Å². The standard InChI is InChI=1S/C18H23N3O3S/c1-15-2-4-16(5-3-15)14-25(23,24)21-10-8-20(9-11-21)18(22)12-17-6-7-19-13-17/h2-7,13,19H,8-12,14H2,1H3. The summed E-state index contributed by atoms with van der Waals surface area (Å²) in [6.45, 7) is 3.56. The van der Waals surface area contributed by atoms with Crippen LogP contribution in [0.4, 0.5) is 0 Å². The number of H-pyrrole nitrogens is 1. The lowest BCUT2D eigenvalue weighted by molar-refractivity contribution is -0.131. The van der Waals surface area contributed by atoms with Crippen LogP contribution in [-0.4, -0.2) is 54.7 Å². The molecule has 0 spiro atoms. The molecule has 0 bridgehead atoms. The number of nitrogens with one attached hydrogen (secondary N) is 1. The lowest BCUT2D eigenvalue weighted by Crippen LogP contribution is -2.51. The second-order valence-electron chi connectivity index (χ2n) is 6.42. The second-order valence-corrected chi connectivity index (χ2v) is 8.39. The molecule has 1 aliphatic rings. The molecule has 0 radical (unpaired) electrons. The van der Waals surface area contributed by atoms with Crippen LogP contribution in [0, 0.1) is 6.92 Å². The molecule has 3 rings (SSSR count). The molecule has 2 aromatic rings. The number of hydrogen-bond acceptors (Lipinski definition) is 3. The number of amides is 1. The van der Waals surface area contributed by atoms with Crippen LogP contribution in [0.15, 0.2) is 42.7 Å². The molecule has 1 aromatic carbocycles. The summed E-state index contributed by atoms with van der Waals surface area (Å²) in [5.74, 6) is 0.0417. The number of aromatic amines is 1. The molecule has 1 aromatic heterocycles. The van der Waals surface area contributed by atoms with Gasteiger partial charge in [0.2, 0.25) is 15.9 Å². The van der Waals surface area contributed by atoms with Crippen molar-refractivity contribution in [2.24, 2.45) is 0 Å². The van der Waals surface area contributed by atoms with Crippen LogP contribution in [0.2, 0.25) is 0 Å². The number of rotatable bonds is 5. The predicted molar refractivity (Wildman–Crippen MR) is 96.5 cm³/mol. The fourth-order valence-corrected chi connectivity index (χ4v) is 4.47. The van der Waals surface area contributed by atoms with Crippen LogP contribution >= 0.6 is 0 Å². The molecule has 1 fully saturated rings. The Morgan fingerprint density at radius 2 is 1.72 bits per heavy atom. The quantitative estimate of drug-likeness (QED) is 0.878. The lowest BCUT2D eigenvalue weighted by Gasteiger charge is -2.34. The van der Waals surface area contributed by atoms with Crippen LogP contribution in [0.3, 0.4) is 0 Å². The molecule has 6 nitrogen and oxygen atoms in total. The van der Waals surface area contributed by atoms with E-state index < -0.39 is 10.0 Å². The summed E-state index contributed by atoms with van der Waals surface area (Å²) in [5.41, 5.74) is 2.84. The van der Waals surface area contributed by atoms with E-state index in [9.17, 15) is 13.2 Å². The minimum atomic E-state index is -3.36. The Bertz CT molecular complexity index is 806. The van der Waals surface area contributed by atoms with Crippen molar-refractivity contribution in [3.05, 3.63) is 59.4 Å². The van der Waals surface area contributed by atoms with Gasteiger partial charge in [0.15, 0.2) is 0 Å². The fraction of sp³-hybridized carbons (Fsp3) is 0.389. The van der Waals surface area contributed by atoms with Crippen molar-refractivity contribution in [2.45, 2.75) is 19.1 Å². The second kappa shape index (κ2) is 7.41. The Morgan fingerprint density at radius 1 is 1.04 bits per heavy atom. The van der Waals surface area contributed by atoms with Crippen molar-refractivity contribution in [3.63, 3.8) is 0 Å². The number of piperazine rings is 1. The van der Waals surface area contributed by atoms with Crippen LogP contribution in [0.5, 0.6) is 0 Å². The summed E-state index contributed by atoms with van der Waals surface area (Å²) in [6.07, 6.45) is 3.94. The summed E-state index contributed by atoms with van der Waals surface area (Å²) in [7, 11) is -3.36. The first-order valence-corrected chi connectivity index (χ1v) is 9.98. The molecule has 1 N–H and O–H groups in total. The number of carbonyl (C=O) groups is 1. The van der Waals surface area contributed by atoms with Gasteiger partial charge in [0, 0.05) is 38.6 Å². The minimum absolute atomic E-state index is 0.00454. The smallest absolute Gasteiger partial charge is 0.227 e. The zero-order valence-corrected chi connectivity index (χ0v) is 15.1. The number of sulfonamides is 1. The van der Waals surface area contributed by atoms with E-state index in [2.05, 4.69) is 4.98 Å². The van der Waals surface area contributed by atoms with Gasteiger partial charge in [-0.1, -0.05) is 29.8 Å². The SMILES string of the molecule is Cc1ccc(CS(=O)(=O)N2CCN(C(=O)Cc3cc[nH]c3)CC2)cc1. The number of hydrogen-bond donors (Lipinski definition) is 1. The predicted octanol–water partition coefficient (Wildman–Crippen LogP) is 1.54. The van der Waals surface area contributed by atoms with E-state index in [1.54, 1.807) is 17.3 Å². The molecule has 0 atom stereocenters. The third kappa shape index (κ3) is 4.49. The first-order chi connectivity index (χ1) is 11.9. The number of nitrogens with zero attached hydrogens (tertiary/aromatic N) is 2. The van der Waals surface area contributed by atoms with Crippen LogP contribution in [0.25, 0.3) is 0 Å². The van der Waals surface area contributed by atoms with E-state index in [4.69, 9.17) is 0 Å². The van der Waals surface area contributed by atoms with Crippen molar-refractivity contribution >= 4 is 15.9 Å². The average molecular weight is 361 g/mol. The van der Waals surface area contributed by atoms with Crippen LogP contribution < -0.4 is 0 Å². The zero-order chi connectivity index (χ0) is 17.9. The molecular weight excluding hydrogens is 338 g/mol. The van der Waals surface area contributed by atoms with Gasteiger partial charge < -0.3 is 9.88 Å². The maximum Gasteiger partial charge on any atom is 0.227 e. The third-order valence-electron chi connectivity index (χ3n) is 4.47. The number of benzene rings is 1. The summed E-state index contributed by atoms with van der Waals surface area (Å²) >= 11 is 0. The molecule has 0 saturated carbocycles. The Kier molecular flexibility index (Phi) is 5.24. The Balaban J connectivity index is 1.55. The van der Waals surface area contributed by atoms with E-state index in [1.807, 2.05) is 37.3 Å². The van der Waals surface area contributed by atoms with Crippen LogP contribution in [-0.2, 0) is 27.0 Å². The van der Waals surface area contributed by atoms with E-state index in [0.29, 0.717) is 32.6 Å². The van der Waals surface area contributed by atoms with Gasteiger partial charge in [-0.25, -0.2) is 8.42 Å². The largest absolute Gasteiger partial charge is 0.367 e. The highest BCUT2D eigenvalue weighted by molar-refractivity contribution is 7.88. The summed E-state index contributed by atoms with van der Waals surface area (Å²) in [6, 6.07) is 9.41. The molecule has 1 amide bonds. The van der Waals surface area contributed by atoms with Gasteiger partial charge >= 0.3 is 0 Å². The highest BCUT2D eigenvalue weighted by Gasteiger charge is 2.28. The maximum absolute atomic E-state index is 12.6. The lowest BCUT2D eigenvalue weighted by atomic mass is 10.2. The van der Waals surface area contributed by atoms with Crippen molar-refractivity contribution in [2.75, 3.05) is 26.2 Å². The fourth-order valence-electron chi connectivity index (χ4n) is 2.96. The first-order valence-electron chi connectivity index (χ1n) is 8.37. The minimum Gasteiger partial charge on any atom is -0.367 e. The molecule has 2 heterocycles. The third-order valence-corrected chi connectivity index (χ3v) is 6.32. The van der Waals surface area contributed by atoms with Crippen molar-refractivity contribution in [1.82, 2.24) is 14.2 Å². The molecule has 0 unspecified atom stereocenters. The van der Waals surface area contributed by atoms with Crippen molar-refractivity contribution < 1.29 is 13.2 Å². The molecule has 0 aliphatic carbocycles. The van der Waals surface area contributed by atoms with E-state index >= 15 is 0 Å². The summed E-state index contributed by atoms with van der Waals surface area (Å²) < 4.78 is 26.7. The molecule has 1 saturated heterocycles. The van der Waals surface area contributed by atoms with Gasteiger partial charge in [0.25, 0.3) is 0 Å². The van der Waals surface area contributed by atoms with Crippen molar-refractivity contribution in [1.29, 1.82) is 0 Å². The highest BCUT2D eigenvalue weighted by Crippen LogP contribution is 2.15. The Hall–Kier alpha value is -2.12. The average Bonchev–Trinajstić information content (AvgIpc) is 3.10. The Morgan fingerprint density at radius 3 is 2.32 bits per heavy atom. The number of carbonyl (C=O) groups excluding carboxylic acids is 1. The molecular formula is C18H23N3O3S. The van der Waals surface area contributed by atoms with Gasteiger partial charge in [0.1, 0.15) is 0 Å². The monoisotopic (exact) mass is 361 g/mol. The van der Waals surface area contributed by atoms with Gasteiger partial charge in [-0.15, -0.1) is 0 Å². The van der Waals surface area contributed by atoms with Gasteiger partial charge in [-0.2, -0.15) is 4.31 Å². The normalized spacial score (nSPS) is 16.1. The molecule has 7 heteroatoms. The maximum atomic E-state index is 12.6. The molecule has 25 heavy (non-hydrogen) atoms. The molecule has 134 valence electrons. The van der Waals surface area contributed by atoms with Crippen LogP contribution in [0.1, 0.15) is 16.7 Å². The first kappa shape index (κ1) is 17.7. The van der Waals surface area contributed by atoms with Crippen molar-refractivity contribution in [3.8, 4) is 0 Å². The molecule has 1 aliphatic heterocycles. The Labute approximate surface area is 148 Å². The number of aryl methyl sites for hydroxylation is 1. The van der Waals surface area contributed by atoms with E-state index in [-0.39, 0.29) is 11.7 Å². The van der Waals surface area contributed by atoms with Gasteiger partial charge in [0.05, 0.1) is 12.2 Å². The van der Waals surface area contributed by atoms with E-state index in [0.717, 1.165) is 16.7 Å².